The molecule has 0 aliphatic heterocycles. The van der Waals surface area contributed by atoms with Gasteiger partial charge in [-0.15, -0.1) is 0 Å². The molecule has 18 heavy (non-hydrogen) atoms. The van der Waals surface area contributed by atoms with Gasteiger partial charge in [0, 0.05) is 6.04 Å². The molecule has 0 saturated carbocycles. The average Bonchev–Trinajstić information content (AvgIpc) is 2.37. The molecule has 102 valence electrons. The number of hydrogen-bond donors (Lipinski definition) is 1. The number of methoxy groups -OCH3 is 1. The van der Waals surface area contributed by atoms with Crippen LogP contribution in [-0.2, 0) is 6.42 Å². The third-order valence-corrected chi connectivity index (χ3v) is 3.39. The second-order valence-corrected chi connectivity index (χ2v) is 5.19. The molecule has 0 saturated heterocycles. The smallest absolute Gasteiger partial charge is 0.118 e. The fourth-order valence-electron chi connectivity index (χ4n) is 2.36. The lowest BCUT2D eigenvalue weighted by molar-refractivity contribution is 0.407. The van der Waals surface area contributed by atoms with Crippen LogP contribution in [0, 0.1) is 5.92 Å². The maximum Gasteiger partial charge on any atom is 0.118 e. The molecule has 2 heteroatoms. The van der Waals surface area contributed by atoms with Gasteiger partial charge in [-0.3, -0.25) is 0 Å². The van der Waals surface area contributed by atoms with Crippen LogP contribution in [0.1, 0.15) is 39.2 Å². The van der Waals surface area contributed by atoms with Gasteiger partial charge >= 0.3 is 0 Å². The summed E-state index contributed by atoms with van der Waals surface area (Å²) in [6.45, 7) is 7.84. The van der Waals surface area contributed by atoms with E-state index in [2.05, 4.69) is 38.2 Å². The predicted octanol–water partition coefficient (Wildman–Crippen LogP) is 3.65. The zero-order chi connectivity index (χ0) is 13.4. The summed E-state index contributed by atoms with van der Waals surface area (Å²) in [5.74, 6) is 1.70. The van der Waals surface area contributed by atoms with Crippen molar-refractivity contribution in [3.8, 4) is 5.75 Å². The highest BCUT2D eigenvalue weighted by atomic mass is 16.5. The Morgan fingerprint density at radius 1 is 1.17 bits per heavy atom. The van der Waals surface area contributed by atoms with Crippen LogP contribution in [0.3, 0.4) is 0 Å². The zero-order valence-corrected chi connectivity index (χ0v) is 12.2. The van der Waals surface area contributed by atoms with E-state index in [0.717, 1.165) is 24.6 Å². The van der Waals surface area contributed by atoms with Gasteiger partial charge in [0.2, 0.25) is 0 Å². The van der Waals surface area contributed by atoms with Gasteiger partial charge in [0.15, 0.2) is 0 Å². The lowest BCUT2D eigenvalue weighted by atomic mass is 9.95. The Balaban J connectivity index is 2.30. The molecule has 0 amide bonds. The first kappa shape index (κ1) is 15.0. The van der Waals surface area contributed by atoms with Gasteiger partial charge < -0.3 is 10.1 Å². The summed E-state index contributed by atoms with van der Waals surface area (Å²) in [6.07, 6.45) is 3.66. The van der Waals surface area contributed by atoms with Crippen molar-refractivity contribution in [3.05, 3.63) is 29.8 Å². The number of hydrogen-bond acceptors (Lipinski definition) is 2. The third kappa shape index (κ3) is 5.54. The van der Waals surface area contributed by atoms with Crippen molar-refractivity contribution in [2.45, 2.75) is 46.1 Å². The maximum absolute atomic E-state index is 5.17. The van der Waals surface area contributed by atoms with E-state index in [1.54, 1.807) is 7.11 Å². The molecular weight excluding hydrogens is 222 g/mol. The van der Waals surface area contributed by atoms with Gasteiger partial charge in [-0.25, -0.2) is 0 Å². The second-order valence-electron chi connectivity index (χ2n) is 5.19. The Labute approximate surface area is 112 Å². The summed E-state index contributed by atoms with van der Waals surface area (Å²) < 4.78 is 5.17. The van der Waals surface area contributed by atoms with Crippen LogP contribution >= 0.6 is 0 Å². The second kappa shape index (κ2) is 8.15. The van der Waals surface area contributed by atoms with Gasteiger partial charge in [-0.2, -0.15) is 0 Å². The van der Waals surface area contributed by atoms with Crippen molar-refractivity contribution in [3.63, 3.8) is 0 Å². The molecular formula is C16H27NO. The summed E-state index contributed by atoms with van der Waals surface area (Å²) in [7, 11) is 1.71. The van der Waals surface area contributed by atoms with Crippen LogP contribution in [0.15, 0.2) is 24.3 Å². The molecule has 2 atom stereocenters. The highest BCUT2D eigenvalue weighted by Gasteiger charge is 2.08. The van der Waals surface area contributed by atoms with Crippen molar-refractivity contribution in [2.24, 2.45) is 5.92 Å². The first-order chi connectivity index (χ1) is 8.65. The van der Waals surface area contributed by atoms with Gasteiger partial charge in [0.05, 0.1) is 7.11 Å². The summed E-state index contributed by atoms with van der Waals surface area (Å²) in [5.41, 5.74) is 1.40. The molecule has 0 bridgehead atoms. The fraction of sp³-hybridized carbons (Fsp3) is 0.625. The van der Waals surface area contributed by atoms with Crippen molar-refractivity contribution in [1.29, 1.82) is 0 Å². The zero-order valence-electron chi connectivity index (χ0n) is 12.2. The van der Waals surface area contributed by atoms with Gasteiger partial charge in [-0.1, -0.05) is 26.0 Å². The molecule has 2 unspecified atom stereocenters. The summed E-state index contributed by atoms with van der Waals surface area (Å²) >= 11 is 0. The normalized spacial score (nSPS) is 14.2. The monoisotopic (exact) mass is 249 g/mol. The average molecular weight is 249 g/mol. The fourth-order valence-corrected chi connectivity index (χ4v) is 2.36. The summed E-state index contributed by atoms with van der Waals surface area (Å²) in [6, 6.07) is 9.04. The highest BCUT2D eigenvalue weighted by Crippen LogP contribution is 2.17. The molecule has 0 aliphatic rings. The third-order valence-electron chi connectivity index (χ3n) is 3.39. The standard InChI is InChI=1S/C16H27NO/c1-5-17-14(3)12-13(2)6-7-15-8-10-16(18-4)11-9-15/h8-11,13-14,17H,5-7,12H2,1-4H3. The van der Waals surface area contributed by atoms with Crippen LogP contribution in [0.25, 0.3) is 0 Å². The predicted molar refractivity (Wildman–Crippen MR) is 78.2 cm³/mol. The van der Waals surface area contributed by atoms with Crippen molar-refractivity contribution >= 4 is 0 Å². The maximum atomic E-state index is 5.17. The van der Waals surface area contributed by atoms with Crippen LogP contribution < -0.4 is 10.1 Å². The molecule has 2 nitrogen and oxygen atoms in total. The Kier molecular flexibility index (Phi) is 6.81. The molecule has 0 aliphatic carbocycles. The molecule has 0 spiro atoms. The molecule has 0 radical (unpaired) electrons. The molecule has 1 aromatic rings. The number of nitrogens with one attached hydrogen (secondary N) is 1. The Morgan fingerprint density at radius 2 is 1.83 bits per heavy atom. The summed E-state index contributed by atoms with van der Waals surface area (Å²) in [5, 5.41) is 3.47. The van der Waals surface area contributed by atoms with Crippen molar-refractivity contribution in [2.75, 3.05) is 13.7 Å². The van der Waals surface area contributed by atoms with Crippen molar-refractivity contribution < 1.29 is 4.74 Å². The lowest BCUT2D eigenvalue weighted by Gasteiger charge is -2.17. The summed E-state index contributed by atoms with van der Waals surface area (Å²) in [4.78, 5) is 0. The largest absolute Gasteiger partial charge is 0.497 e. The van der Waals surface area contributed by atoms with Gasteiger partial charge in [0.1, 0.15) is 5.75 Å². The van der Waals surface area contributed by atoms with Gasteiger partial charge in [-0.05, 0) is 56.3 Å². The molecule has 0 aromatic heterocycles. The molecule has 0 heterocycles. The van der Waals surface area contributed by atoms with Crippen LogP contribution in [0.4, 0.5) is 0 Å². The van der Waals surface area contributed by atoms with Gasteiger partial charge in [0.25, 0.3) is 0 Å². The Morgan fingerprint density at radius 3 is 2.39 bits per heavy atom. The van der Waals surface area contributed by atoms with Crippen LogP contribution in [0.5, 0.6) is 5.75 Å². The van der Waals surface area contributed by atoms with Crippen LogP contribution in [-0.4, -0.2) is 19.7 Å². The van der Waals surface area contributed by atoms with E-state index < -0.39 is 0 Å². The minimum atomic E-state index is 0.626. The van der Waals surface area contributed by atoms with E-state index in [9.17, 15) is 0 Å². The number of benzene rings is 1. The Hall–Kier alpha value is -1.02. The SMILES string of the molecule is CCNC(C)CC(C)CCc1ccc(OC)cc1. The van der Waals surface area contributed by atoms with E-state index in [1.165, 1.54) is 18.4 Å². The first-order valence-corrected chi connectivity index (χ1v) is 7.02. The number of aryl methyl sites for hydroxylation is 1. The Bertz CT molecular complexity index is 320. The minimum absolute atomic E-state index is 0.626. The number of ether oxygens (including phenoxy) is 1. The highest BCUT2D eigenvalue weighted by molar-refractivity contribution is 5.27. The quantitative estimate of drug-likeness (QED) is 0.759. The molecule has 1 N–H and O–H groups in total. The first-order valence-electron chi connectivity index (χ1n) is 7.02. The van der Waals surface area contributed by atoms with E-state index in [-0.39, 0.29) is 0 Å². The van der Waals surface area contributed by atoms with Crippen LogP contribution in [0.2, 0.25) is 0 Å². The molecule has 1 rings (SSSR count). The van der Waals surface area contributed by atoms with Crippen molar-refractivity contribution in [1.82, 2.24) is 5.32 Å². The number of rotatable bonds is 8. The molecule has 0 fully saturated rings. The molecule has 1 aromatic carbocycles. The topological polar surface area (TPSA) is 21.3 Å². The minimum Gasteiger partial charge on any atom is -0.497 e. The van der Waals surface area contributed by atoms with E-state index in [0.29, 0.717) is 6.04 Å². The van der Waals surface area contributed by atoms with E-state index >= 15 is 0 Å². The lowest BCUT2D eigenvalue weighted by Crippen LogP contribution is -2.27. The van der Waals surface area contributed by atoms with E-state index in [4.69, 9.17) is 4.74 Å². The van der Waals surface area contributed by atoms with E-state index in [1.807, 2.05) is 12.1 Å².